The third kappa shape index (κ3) is 3.24. The summed E-state index contributed by atoms with van der Waals surface area (Å²) in [5, 5.41) is 12.6. The Morgan fingerprint density at radius 2 is 2.04 bits per heavy atom. The van der Waals surface area contributed by atoms with E-state index < -0.39 is 0 Å². The zero-order valence-electron chi connectivity index (χ0n) is 14.1. The molecule has 4 rings (SSSR count). The zero-order valence-corrected chi connectivity index (χ0v) is 14.1. The molecule has 0 aliphatic carbocycles. The van der Waals surface area contributed by atoms with E-state index in [1.807, 2.05) is 30.3 Å². The molecule has 1 aliphatic heterocycles. The van der Waals surface area contributed by atoms with Crippen LogP contribution in [0.5, 0.6) is 0 Å². The van der Waals surface area contributed by atoms with Crippen molar-refractivity contribution < 1.29 is 4.79 Å². The number of amides is 1. The van der Waals surface area contributed by atoms with E-state index in [-0.39, 0.29) is 5.91 Å². The molecule has 1 aromatic carbocycles. The van der Waals surface area contributed by atoms with Crippen LogP contribution >= 0.6 is 0 Å². The van der Waals surface area contributed by atoms with E-state index in [0.717, 1.165) is 35.5 Å². The third-order valence-corrected chi connectivity index (χ3v) is 4.70. The number of benzene rings is 1. The van der Waals surface area contributed by atoms with Crippen molar-refractivity contribution in [3.8, 4) is 0 Å². The summed E-state index contributed by atoms with van der Waals surface area (Å²) in [7, 11) is 0. The van der Waals surface area contributed by atoms with Crippen LogP contribution in [0.25, 0.3) is 10.9 Å². The van der Waals surface area contributed by atoms with Crippen LogP contribution in [0.4, 0.5) is 0 Å². The maximum Gasteiger partial charge on any atom is 0.253 e. The topological polar surface area (TPSA) is 72.7 Å². The van der Waals surface area contributed by atoms with Gasteiger partial charge in [-0.25, -0.2) is 0 Å². The Hall–Kier alpha value is -2.76. The second-order valence-corrected chi connectivity index (χ2v) is 6.38. The van der Waals surface area contributed by atoms with Crippen LogP contribution in [-0.4, -0.2) is 32.2 Å². The first-order chi connectivity index (χ1) is 12.3. The molecule has 0 saturated heterocycles. The van der Waals surface area contributed by atoms with Gasteiger partial charge in [0.15, 0.2) is 0 Å². The molecule has 0 atom stereocenters. The van der Waals surface area contributed by atoms with Gasteiger partial charge in [-0.05, 0) is 25.0 Å². The summed E-state index contributed by atoms with van der Waals surface area (Å²) in [5.74, 6) is 1.95. The quantitative estimate of drug-likeness (QED) is 0.795. The van der Waals surface area contributed by atoms with Gasteiger partial charge in [-0.1, -0.05) is 24.6 Å². The van der Waals surface area contributed by atoms with Crippen LogP contribution in [0.3, 0.4) is 0 Å². The molecule has 1 amide bonds. The number of fused-ring (bicyclic) bond motifs is 2. The van der Waals surface area contributed by atoms with Crippen LogP contribution in [0.2, 0.25) is 0 Å². The lowest BCUT2D eigenvalue weighted by Crippen LogP contribution is -2.27. The van der Waals surface area contributed by atoms with Gasteiger partial charge in [-0.15, -0.1) is 10.2 Å². The number of hydrogen-bond donors (Lipinski definition) is 1. The van der Waals surface area contributed by atoms with Crippen molar-refractivity contribution >= 4 is 16.8 Å². The van der Waals surface area contributed by atoms with Gasteiger partial charge in [0.05, 0.1) is 11.1 Å². The first-order valence-corrected chi connectivity index (χ1v) is 8.86. The van der Waals surface area contributed by atoms with Crippen LogP contribution in [-0.2, 0) is 19.4 Å². The minimum absolute atomic E-state index is 0.0973. The predicted molar refractivity (Wildman–Crippen MR) is 95.4 cm³/mol. The molecule has 1 N–H and O–H groups in total. The van der Waals surface area contributed by atoms with Crippen molar-refractivity contribution in [1.29, 1.82) is 0 Å². The zero-order chi connectivity index (χ0) is 17.1. The van der Waals surface area contributed by atoms with Crippen LogP contribution in [0.15, 0.2) is 36.5 Å². The summed E-state index contributed by atoms with van der Waals surface area (Å²) in [6.07, 6.45) is 7.01. The Bertz CT molecular complexity index is 896. The summed E-state index contributed by atoms with van der Waals surface area (Å²) in [6, 6.07) is 9.50. The number of pyridine rings is 1. The van der Waals surface area contributed by atoms with Gasteiger partial charge in [0.1, 0.15) is 11.6 Å². The van der Waals surface area contributed by atoms with Crippen LogP contribution in [0, 0.1) is 0 Å². The maximum atomic E-state index is 12.5. The highest BCUT2D eigenvalue weighted by atomic mass is 16.1. The summed E-state index contributed by atoms with van der Waals surface area (Å²) in [6.45, 7) is 1.53. The molecule has 1 aliphatic rings. The highest BCUT2D eigenvalue weighted by molar-refractivity contribution is 6.05. The molecule has 6 heteroatoms. The van der Waals surface area contributed by atoms with Crippen molar-refractivity contribution in [1.82, 2.24) is 25.1 Å². The molecular formula is C19H21N5O. The van der Waals surface area contributed by atoms with Crippen LogP contribution < -0.4 is 5.32 Å². The van der Waals surface area contributed by atoms with Gasteiger partial charge >= 0.3 is 0 Å². The summed E-state index contributed by atoms with van der Waals surface area (Å²) >= 11 is 0. The molecule has 128 valence electrons. The number of aromatic nitrogens is 4. The number of nitrogens with zero attached hydrogens (tertiary/aromatic N) is 4. The number of nitrogens with one attached hydrogen (secondary N) is 1. The number of hydrogen-bond acceptors (Lipinski definition) is 4. The summed E-state index contributed by atoms with van der Waals surface area (Å²) < 4.78 is 2.22. The second kappa shape index (κ2) is 7.01. The first kappa shape index (κ1) is 15.7. The highest BCUT2D eigenvalue weighted by Crippen LogP contribution is 2.16. The average Bonchev–Trinajstić information content (AvgIpc) is 2.88. The molecule has 0 radical (unpaired) electrons. The number of rotatable bonds is 4. The van der Waals surface area contributed by atoms with Crippen molar-refractivity contribution in [2.45, 2.75) is 38.6 Å². The lowest BCUT2D eigenvalue weighted by molar-refractivity contribution is 0.0955. The van der Waals surface area contributed by atoms with E-state index in [4.69, 9.17) is 0 Å². The summed E-state index contributed by atoms with van der Waals surface area (Å²) in [4.78, 5) is 16.9. The van der Waals surface area contributed by atoms with E-state index in [9.17, 15) is 4.79 Å². The van der Waals surface area contributed by atoms with Gasteiger partial charge in [0.2, 0.25) is 0 Å². The molecule has 2 aromatic heterocycles. The van der Waals surface area contributed by atoms with Gasteiger partial charge in [0, 0.05) is 37.5 Å². The van der Waals surface area contributed by atoms with Gasteiger partial charge < -0.3 is 9.88 Å². The average molecular weight is 335 g/mol. The predicted octanol–water partition coefficient (Wildman–Crippen LogP) is 2.53. The lowest BCUT2D eigenvalue weighted by atomic mass is 10.1. The van der Waals surface area contributed by atoms with Crippen molar-refractivity contribution in [2.75, 3.05) is 6.54 Å². The molecular weight excluding hydrogens is 314 g/mol. The highest BCUT2D eigenvalue weighted by Gasteiger charge is 2.15. The monoisotopic (exact) mass is 335 g/mol. The number of carbonyl (C=O) groups excluding carboxylic acids is 1. The Morgan fingerprint density at radius 1 is 1.12 bits per heavy atom. The fourth-order valence-electron chi connectivity index (χ4n) is 3.40. The fraction of sp³-hybridized carbons (Fsp3) is 0.368. The lowest BCUT2D eigenvalue weighted by Gasteiger charge is -2.09. The molecule has 25 heavy (non-hydrogen) atoms. The largest absolute Gasteiger partial charge is 0.352 e. The van der Waals surface area contributed by atoms with Crippen molar-refractivity contribution in [2.24, 2.45) is 0 Å². The smallest absolute Gasteiger partial charge is 0.253 e. The Kier molecular flexibility index (Phi) is 4.41. The van der Waals surface area contributed by atoms with E-state index in [1.54, 1.807) is 6.20 Å². The molecule has 3 aromatic rings. The van der Waals surface area contributed by atoms with E-state index in [2.05, 4.69) is 25.1 Å². The molecule has 0 unspecified atom stereocenters. The maximum absolute atomic E-state index is 12.5. The Balaban J connectivity index is 1.43. The molecule has 3 heterocycles. The van der Waals surface area contributed by atoms with Gasteiger partial charge in [-0.3, -0.25) is 9.78 Å². The van der Waals surface area contributed by atoms with E-state index in [1.165, 1.54) is 19.3 Å². The van der Waals surface area contributed by atoms with Crippen LogP contribution in [0.1, 0.15) is 41.3 Å². The Morgan fingerprint density at radius 3 is 3.00 bits per heavy atom. The summed E-state index contributed by atoms with van der Waals surface area (Å²) in [5.41, 5.74) is 1.34. The van der Waals surface area contributed by atoms with E-state index in [0.29, 0.717) is 18.5 Å². The van der Waals surface area contributed by atoms with E-state index >= 15 is 0 Å². The second-order valence-electron chi connectivity index (χ2n) is 6.38. The normalized spacial score (nSPS) is 14.1. The number of aryl methyl sites for hydroxylation is 1. The molecule has 0 fully saturated rings. The van der Waals surface area contributed by atoms with Gasteiger partial charge in [0.25, 0.3) is 5.91 Å². The molecule has 0 bridgehead atoms. The number of carbonyl (C=O) groups is 1. The Labute approximate surface area is 146 Å². The minimum Gasteiger partial charge on any atom is -0.352 e. The fourth-order valence-corrected chi connectivity index (χ4v) is 3.40. The number of para-hydroxylation sites is 1. The third-order valence-electron chi connectivity index (χ3n) is 4.70. The van der Waals surface area contributed by atoms with Crippen molar-refractivity contribution in [3.63, 3.8) is 0 Å². The molecule has 0 saturated carbocycles. The SMILES string of the molecule is O=C(NCCc1nnc2n1CCCCC2)c1cccc2cccnc12. The molecule has 6 nitrogen and oxygen atoms in total. The molecule has 0 spiro atoms. The van der Waals surface area contributed by atoms with Crippen molar-refractivity contribution in [3.05, 3.63) is 53.7 Å². The first-order valence-electron chi connectivity index (χ1n) is 8.86. The minimum atomic E-state index is -0.0973. The standard InChI is InChI=1S/C19H21N5O/c25-19(15-8-4-6-14-7-5-11-20-18(14)15)21-12-10-17-23-22-16-9-2-1-3-13-24(16)17/h4-8,11H,1-3,9-10,12-13H2,(H,21,25). The van der Waals surface area contributed by atoms with Gasteiger partial charge in [-0.2, -0.15) is 0 Å².